The Morgan fingerprint density at radius 2 is 2.20 bits per heavy atom. The zero-order valence-corrected chi connectivity index (χ0v) is 7.48. The Labute approximate surface area is 67.0 Å². The van der Waals surface area contributed by atoms with Crippen LogP contribution in [0.15, 0.2) is 0 Å². The minimum atomic E-state index is -0.880. The highest BCUT2D eigenvalue weighted by atomic mass is 32.1. The number of thiol groups is 1. The van der Waals surface area contributed by atoms with Crippen LogP contribution in [0.1, 0.15) is 27.2 Å². The number of carbonyl (C=O) groups is 1. The molecule has 0 aromatic carbocycles. The second-order valence-corrected chi connectivity index (χ2v) is 3.69. The molecule has 0 bridgehead atoms. The third-order valence-corrected chi connectivity index (χ3v) is 2.64. The van der Waals surface area contributed by atoms with Crippen molar-refractivity contribution in [1.82, 2.24) is 0 Å². The van der Waals surface area contributed by atoms with E-state index in [1.54, 1.807) is 6.92 Å². The lowest BCUT2D eigenvalue weighted by atomic mass is 9.93. The summed E-state index contributed by atoms with van der Waals surface area (Å²) in [5.41, 5.74) is 0. The predicted molar refractivity (Wildman–Crippen MR) is 44.5 cm³/mol. The Balaban J connectivity index is 4.23. The van der Waals surface area contributed by atoms with Crippen LogP contribution < -0.4 is 0 Å². The molecule has 0 spiro atoms. The van der Waals surface area contributed by atoms with Crippen molar-refractivity contribution in [2.45, 2.75) is 31.9 Å². The SMILES string of the molecule is CCC(C)C(C)(S)C(=O)O. The van der Waals surface area contributed by atoms with Crippen molar-refractivity contribution in [2.75, 3.05) is 0 Å². The first kappa shape index (κ1) is 9.82. The average molecular weight is 162 g/mol. The largest absolute Gasteiger partial charge is 0.480 e. The number of carboxylic acids is 1. The summed E-state index contributed by atoms with van der Waals surface area (Å²) in [7, 11) is 0. The maximum Gasteiger partial charge on any atom is 0.319 e. The molecule has 0 radical (unpaired) electrons. The van der Waals surface area contributed by atoms with Crippen LogP contribution in [0.3, 0.4) is 0 Å². The first-order chi connectivity index (χ1) is 4.42. The first-order valence-electron chi connectivity index (χ1n) is 3.38. The van der Waals surface area contributed by atoms with Crippen LogP contribution in [0.4, 0.5) is 0 Å². The zero-order chi connectivity index (χ0) is 8.36. The summed E-state index contributed by atoms with van der Waals surface area (Å²) in [6, 6.07) is 0. The van der Waals surface area contributed by atoms with Gasteiger partial charge in [0.15, 0.2) is 0 Å². The summed E-state index contributed by atoms with van der Waals surface area (Å²) in [5, 5.41) is 8.67. The highest BCUT2D eigenvalue weighted by Gasteiger charge is 2.33. The van der Waals surface area contributed by atoms with Gasteiger partial charge in [-0.3, -0.25) is 4.79 Å². The lowest BCUT2D eigenvalue weighted by molar-refractivity contribution is -0.140. The van der Waals surface area contributed by atoms with E-state index in [1.165, 1.54) is 0 Å². The van der Waals surface area contributed by atoms with Gasteiger partial charge in [0, 0.05) is 0 Å². The molecule has 0 aliphatic heterocycles. The molecule has 1 N–H and O–H groups in total. The number of hydrogen-bond acceptors (Lipinski definition) is 2. The van der Waals surface area contributed by atoms with Gasteiger partial charge in [-0.15, -0.1) is 0 Å². The fourth-order valence-corrected chi connectivity index (χ4v) is 0.791. The highest BCUT2D eigenvalue weighted by Crippen LogP contribution is 2.26. The number of rotatable bonds is 3. The van der Waals surface area contributed by atoms with Gasteiger partial charge >= 0.3 is 5.97 Å². The van der Waals surface area contributed by atoms with E-state index in [0.717, 1.165) is 6.42 Å². The first-order valence-corrected chi connectivity index (χ1v) is 3.83. The third-order valence-electron chi connectivity index (χ3n) is 2.00. The molecule has 0 fully saturated rings. The normalized spacial score (nSPS) is 19.6. The Morgan fingerprint density at radius 1 is 1.80 bits per heavy atom. The van der Waals surface area contributed by atoms with Crippen LogP contribution in [0.2, 0.25) is 0 Å². The van der Waals surface area contributed by atoms with Gasteiger partial charge in [0.05, 0.1) is 0 Å². The van der Waals surface area contributed by atoms with E-state index in [-0.39, 0.29) is 5.92 Å². The molecule has 0 amide bonds. The molecule has 60 valence electrons. The van der Waals surface area contributed by atoms with Crippen LogP contribution in [0.5, 0.6) is 0 Å². The predicted octanol–water partition coefficient (Wildman–Crippen LogP) is 1.81. The second kappa shape index (κ2) is 3.28. The fourth-order valence-electron chi connectivity index (χ4n) is 0.608. The molecule has 0 rings (SSSR count). The van der Waals surface area contributed by atoms with Crippen LogP contribution in [-0.2, 0) is 4.79 Å². The van der Waals surface area contributed by atoms with Gasteiger partial charge < -0.3 is 5.11 Å². The van der Waals surface area contributed by atoms with E-state index < -0.39 is 10.7 Å². The van der Waals surface area contributed by atoms with Crippen LogP contribution >= 0.6 is 12.6 Å². The molecule has 0 heterocycles. The Morgan fingerprint density at radius 3 is 2.30 bits per heavy atom. The van der Waals surface area contributed by atoms with Gasteiger partial charge in [-0.1, -0.05) is 20.3 Å². The smallest absolute Gasteiger partial charge is 0.319 e. The van der Waals surface area contributed by atoms with Gasteiger partial charge in [-0.05, 0) is 12.8 Å². The molecule has 2 unspecified atom stereocenters. The van der Waals surface area contributed by atoms with Gasteiger partial charge in [0.2, 0.25) is 0 Å². The van der Waals surface area contributed by atoms with E-state index >= 15 is 0 Å². The van der Waals surface area contributed by atoms with E-state index in [9.17, 15) is 4.79 Å². The highest BCUT2D eigenvalue weighted by molar-refractivity contribution is 7.82. The Kier molecular flexibility index (Phi) is 3.22. The molecule has 0 aliphatic carbocycles. The summed E-state index contributed by atoms with van der Waals surface area (Å²) in [6.45, 7) is 5.48. The van der Waals surface area contributed by atoms with Gasteiger partial charge in [0.25, 0.3) is 0 Å². The van der Waals surface area contributed by atoms with E-state index in [4.69, 9.17) is 5.11 Å². The van der Waals surface area contributed by atoms with E-state index in [2.05, 4.69) is 12.6 Å². The molecule has 2 atom stereocenters. The monoisotopic (exact) mass is 162 g/mol. The van der Waals surface area contributed by atoms with Gasteiger partial charge in [0.1, 0.15) is 4.75 Å². The molecular weight excluding hydrogens is 148 g/mol. The molecule has 3 heteroatoms. The molecule has 0 aliphatic rings. The van der Waals surface area contributed by atoms with Crippen molar-refractivity contribution >= 4 is 18.6 Å². The van der Waals surface area contributed by atoms with Crippen LogP contribution in [-0.4, -0.2) is 15.8 Å². The molecule has 0 aromatic heterocycles. The topological polar surface area (TPSA) is 37.3 Å². The van der Waals surface area contributed by atoms with Crippen LogP contribution in [0, 0.1) is 5.92 Å². The zero-order valence-electron chi connectivity index (χ0n) is 6.59. The van der Waals surface area contributed by atoms with Gasteiger partial charge in [-0.25, -0.2) is 0 Å². The third kappa shape index (κ3) is 1.90. The van der Waals surface area contributed by atoms with Crippen molar-refractivity contribution in [2.24, 2.45) is 5.92 Å². The standard InChI is InChI=1S/C7H14O2S/c1-4-5(2)7(3,10)6(8)9/h5,10H,4H2,1-3H3,(H,8,9). The summed E-state index contributed by atoms with van der Waals surface area (Å²) in [4.78, 5) is 10.5. The molecular formula is C7H14O2S. The number of aliphatic carboxylic acids is 1. The maximum absolute atomic E-state index is 10.5. The van der Waals surface area contributed by atoms with Crippen molar-refractivity contribution in [3.05, 3.63) is 0 Å². The average Bonchev–Trinajstić information content (AvgIpc) is 1.86. The Bertz CT molecular complexity index is 132. The number of carboxylic acid groups (broad SMARTS) is 1. The lowest BCUT2D eigenvalue weighted by Gasteiger charge is -2.24. The maximum atomic E-state index is 10.5. The van der Waals surface area contributed by atoms with Crippen molar-refractivity contribution in [3.63, 3.8) is 0 Å². The summed E-state index contributed by atoms with van der Waals surface area (Å²) >= 11 is 4.06. The summed E-state index contributed by atoms with van der Waals surface area (Å²) in [5.74, 6) is -0.737. The lowest BCUT2D eigenvalue weighted by Crippen LogP contribution is -2.35. The second-order valence-electron chi connectivity index (χ2n) is 2.76. The quantitative estimate of drug-likeness (QED) is 0.621. The van der Waals surface area contributed by atoms with Crippen LogP contribution in [0.25, 0.3) is 0 Å². The molecule has 0 saturated carbocycles. The molecule has 2 nitrogen and oxygen atoms in total. The minimum Gasteiger partial charge on any atom is -0.480 e. The fraction of sp³-hybridized carbons (Fsp3) is 0.857. The molecule has 0 aromatic rings. The summed E-state index contributed by atoms with van der Waals surface area (Å²) in [6.07, 6.45) is 0.840. The summed E-state index contributed by atoms with van der Waals surface area (Å²) < 4.78 is -0.880. The van der Waals surface area contributed by atoms with Crippen molar-refractivity contribution in [1.29, 1.82) is 0 Å². The van der Waals surface area contributed by atoms with Gasteiger partial charge in [-0.2, -0.15) is 12.6 Å². The van der Waals surface area contributed by atoms with E-state index in [0.29, 0.717) is 0 Å². The number of hydrogen-bond donors (Lipinski definition) is 2. The minimum absolute atomic E-state index is 0.105. The van der Waals surface area contributed by atoms with Crippen molar-refractivity contribution in [3.8, 4) is 0 Å². The van der Waals surface area contributed by atoms with E-state index in [1.807, 2.05) is 13.8 Å². The molecule has 10 heavy (non-hydrogen) atoms. The molecule has 0 saturated heterocycles. The Hall–Kier alpha value is -0.180. The van der Waals surface area contributed by atoms with Crippen molar-refractivity contribution < 1.29 is 9.90 Å².